The molecule has 2 fully saturated rings. The van der Waals surface area contributed by atoms with E-state index in [1.54, 1.807) is 29.2 Å². The van der Waals surface area contributed by atoms with Crippen molar-refractivity contribution < 1.29 is 22.7 Å². The van der Waals surface area contributed by atoms with E-state index in [0.717, 1.165) is 11.1 Å². The number of hydrogen-bond acceptors (Lipinski definition) is 5. The maximum Gasteiger partial charge on any atom is 0.243 e. The van der Waals surface area contributed by atoms with Crippen LogP contribution in [0.2, 0.25) is 0 Å². The molecule has 34 heavy (non-hydrogen) atoms. The number of carbonyl (C=O) groups is 2. The standard InChI is InChI=1S/C25H31N3O5S/c1-19(21-5-3-2-4-6-21)28-18-22(17-24(28)29)25(30)26-12-11-20-7-9-23(10-8-20)34(31,32)27-13-15-33-16-14-27/h2-10,19,22H,11-18H2,1H3,(H,26,30). The second kappa shape index (κ2) is 10.7. The van der Waals surface area contributed by atoms with Crippen LogP contribution in [0.25, 0.3) is 0 Å². The minimum Gasteiger partial charge on any atom is -0.379 e. The molecule has 2 aliphatic rings. The molecule has 0 bridgehead atoms. The fraction of sp³-hybridized carbons (Fsp3) is 0.440. The Morgan fingerprint density at radius 1 is 1.09 bits per heavy atom. The summed E-state index contributed by atoms with van der Waals surface area (Å²) in [6.45, 7) is 4.36. The van der Waals surface area contributed by atoms with Crippen LogP contribution < -0.4 is 5.32 Å². The van der Waals surface area contributed by atoms with E-state index in [-0.39, 0.29) is 35.1 Å². The molecule has 2 amide bonds. The summed E-state index contributed by atoms with van der Waals surface area (Å²) in [7, 11) is -3.51. The van der Waals surface area contributed by atoms with Gasteiger partial charge in [-0.15, -0.1) is 0 Å². The topological polar surface area (TPSA) is 96.0 Å². The summed E-state index contributed by atoms with van der Waals surface area (Å²) in [5, 5.41) is 2.93. The molecule has 0 saturated carbocycles. The summed E-state index contributed by atoms with van der Waals surface area (Å²) in [6, 6.07) is 16.5. The maximum atomic E-state index is 12.7. The van der Waals surface area contributed by atoms with Crippen molar-refractivity contribution in [2.24, 2.45) is 5.92 Å². The third-order valence-corrected chi connectivity index (χ3v) is 8.44. The maximum absolute atomic E-state index is 12.7. The van der Waals surface area contributed by atoms with Crippen LogP contribution in [0.4, 0.5) is 0 Å². The highest BCUT2D eigenvalue weighted by molar-refractivity contribution is 7.89. The van der Waals surface area contributed by atoms with Crippen LogP contribution in [-0.4, -0.2) is 68.8 Å². The van der Waals surface area contributed by atoms with Gasteiger partial charge in [0.15, 0.2) is 0 Å². The van der Waals surface area contributed by atoms with Crippen LogP contribution >= 0.6 is 0 Å². The number of morpholine rings is 1. The highest BCUT2D eigenvalue weighted by Gasteiger charge is 2.36. The zero-order valence-corrected chi connectivity index (χ0v) is 20.2. The molecule has 1 N–H and O–H groups in total. The molecule has 2 heterocycles. The molecular weight excluding hydrogens is 454 g/mol. The molecule has 2 unspecified atom stereocenters. The minimum absolute atomic E-state index is 0.00595. The highest BCUT2D eigenvalue weighted by atomic mass is 32.2. The van der Waals surface area contributed by atoms with Crippen LogP contribution in [-0.2, 0) is 30.8 Å². The molecule has 2 aliphatic heterocycles. The van der Waals surface area contributed by atoms with Gasteiger partial charge in [0.2, 0.25) is 21.8 Å². The number of carbonyl (C=O) groups excluding carboxylic acids is 2. The summed E-state index contributed by atoms with van der Waals surface area (Å²) >= 11 is 0. The first-order valence-electron chi connectivity index (χ1n) is 11.7. The Morgan fingerprint density at radius 2 is 1.76 bits per heavy atom. The van der Waals surface area contributed by atoms with Crippen molar-refractivity contribution in [3.8, 4) is 0 Å². The lowest BCUT2D eigenvalue weighted by molar-refractivity contribution is -0.130. The first kappa shape index (κ1) is 24.4. The summed E-state index contributed by atoms with van der Waals surface area (Å²) in [5.74, 6) is -0.490. The van der Waals surface area contributed by atoms with Gasteiger partial charge in [0.25, 0.3) is 0 Å². The van der Waals surface area contributed by atoms with E-state index in [0.29, 0.717) is 45.8 Å². The van der Waals surface area contributed by atoms with E-state index < -0.39 is 10.0 Å². The molecule has 0 spiro atoms. The lowest BCUT2D eigenvalue weighted by Gasteiger charge is -2.26. The van der Waals surface area contributed by atoms with Gasteiger partial charge in [0.05, 0.1) is 30.1 Å². The number of likely N-dealkylation sites (tertiary alicyclic amines) is 1. The number of rotatable bonds is 8. The summed E-state index contributed by atoms with van der Waals surface area (Å²) in [6.07, 6.45) is 0.797. The van der Waals surface area contributed by atoms with Crippen molar-refractivity contribution in [1.82, 2.24) is 14.5 Å². The second-order valence-corrected chi connectivity index (χ2v) is 10.7. The van der Waals surface area contributed by atoms with Gasteiger partial charge in [0, 0.05) is 32.6 Å². The molecule has 9 heteroatoms. The zero-order valence-electron chi connectivity index (χ0n) is 19.4. The first-order chi connectivity index (χ1) is 16.4. The summed E-state index contributed by atoms with van der Waals surface area (Å²) in [4.78, 5) is 27.2. The average molecular weight is 486 g/mol. The van der Waals surface area contributed by atoms with E-state index in [2.05, 4.69) is 5.32 Å². The number of sulfonamides is 1. The molecule has 2 saturated heterocycles. The predicted octanol–water partition coefficient (Wildman–Crippen LogP) is 1.98. The molecule has 2 aromatic rings. The van der Waals surface area contributed by atoms with Crippen LogP contribution in [0.5, 0.6) is 0 Å². The molecule has 182 valence electrons. The third-order valence-electron chi connectivity index (χ3n) is 6.52. The normalized spacial score (nSPS) is 20.3. The number of nitrogens with one attached hydrogen (secondary N) is 1. The predicted molar refractivity (Wildman–Crippen MR) is 127 cm³/mol. The number of ether oxygens (including phenoxy) is 1. The van der Waals surface area contributed by atoms with Crippen LogP contribution in [0.1, 0.15) is 30.5 Å². The Balaban J connectivity index is 1.27. The fourth-order valence-corrected chi connectivity index (χ4v) is 5.84. The van der Waals surface area contributed by atoms with Crippen molar-refractivity contribution >= 4 is 21.8 Å². The van der Waals surface area contributed by atoms with Crippen molar-refractivity contribution in [1.29, 1.82) is 0 Å². The van der Waals surface area contributed by atoms with Crippen molar-refractivity contribution in [3.63, 3.8) is 0 Å². The van der Waals surface area contributed by atoms with E-state index in [1.165, 1.54) is 4.31 Å². The number of amides is 2. The van der Waals surface area contributed by atoms with Crippen LogP contribution in [0.15, 0.2) is 59.5 Å². The molecular formula is C25H31N3O5S. The van der Waals surface area contributed by atoms with Gasteiger partial charge in [-0.05, 0) is 36.6 Å². The van der Waals surface area contributed by atoms with Crippen molar-refractivity contribution in [2.75, 3.05) is 39.4 Å². The van der Waals surface area contributed by atoms with Crippen molar-refractivity contribution in [2.45, 2.75) is 30.7 Å². The van der Waals surface area contributed by atoms with Gasteiger partial charge in [-0.25, -0.2) is 8.42 Å². The lowest BCUT2D eigenvalue weighted by Crippen LogP contribution is -2.40. The Kier molecular flexibility index (Phi) is 7.65. The smallest absolute Gasteiger partial charge is 0.243 e. The van der Waals surface area contributed by atoms with Gasteiger partial charge in [-0.3, -0.25) is 9.59 Å². The van der Waals surface area contributed by atoms with E-state index in [1.807, 2.05) is 37.3 Å². The molecule has 4 rings (SSSR count). The number of nitrogens with zero attached hydrogens (tertiary/aromatic N) is 2. The Bertz CT molecular complexity index is 1100. The average Bonchev–Trinajstić information content (AvgIpc) is 3.26. The molecule has 2 aromatic carbocycles. The van der Waals surface area contributed by atoms with Gasteiger partial charge in [-0.2, -0.15) is 4.31 Å². The molecule has 2 atom stereocenters. The SMILES string of the molecule is CC(c1ccccc1)N1CC(C(=O)NCCc2ccc(S(=O)(=O)N3CCOCC3)cc2)CC1=O. The molecule has 0 radical (unpaired) electrons. The van der Waals surface area contributed by atoms with E-state index in [9.17, 15) is 18.0 Å². The van der Waals surface area contributed by atoms with Gasteiger partial charge < -0.3 is 15.0 Å². The minimum atomic E-state index is -3.51. The van der Waals surface area contributed by atoms with Crippen molar-refractivity contribution in [3.05, 3.63) is 65.7 Å². The molecule has 0 aliphatic carbocycles. The van der Waals surface area contributed by atoms with Crippen LogP contribution in [0.3, 0.4) is 0 Å². The Labute approximate surface area is 200 Å². The second-order valence-electron chi connectivity index (χ2n) is 8.74. The Morgan fingerprint density at radius 3 is 2.44 bits per heavy atom. The number of benzene rings is 2. The molecule has 0 aromatic heterocycles. The lowest BCUT2D eigenvalue weighted by atomic mass is 10.1. The number of hydrogen-bond donors (Lipinski definition) is 1. The monoisotopic (exact) mass is 485 g/mol. The van der Waals surface area contributed by atoms with E-state index in [4.69, 9.17) is 4.74 Å². The zero-order chi connectivity index (χ0) is 24.1. The highest BCUT2D eigenvalue weighted by Crippen LogP contribution is 2.28. The summed E-state index contributed by atoms with van der Waals surface area (Å²) < 4.78 is 32.1. The molecule has 8 nitrogen and oxygen atoms in total. The van der Waals surface area contributed by atoms with Crippen LogP contribution in [0, 0.1) is 5.92 Å². The van der Waals surface area contributed by atoms with Gasteiger partial charge >= 0.3 is 0 Å². The quantitative estimate of drug-likeness (QED) is 0.617. The Hall–Kier alpha value is -2.75. The summed E-state index contributed by atoms with van der Waals surface area (Å²) in [5.41, 5.74) is 1.99. The van der Waals surface area contributed by atoms with Gasteiger partial charge in [-0.1, -0.05) is 42.5 Å². The third kappa shape index (κ3) is 5.48. The van der Waals surface area contributed by atoms with Gasteiger partial charge in [0.1, 0.15) is 0 Å². The largest absolute Gasteiger partial charge is 0.379 e. The first-order valence-corrected chi connectivity index (χ1v) is 13.1. The fourth-order valence-electron chi connectivity index (χ4n) is 4.43. The van der Waals surface area contributed by atoms with E-state index >= 15 is 0 Å².